The highest BCUT2D eigenvalue weighted by Gasteiger charge is 1.87. The summed E-state index contributed by atoms with van der Waals surface area (Å²) in [5, 5.41) is 0.217. The number of hydrogen-bond acceptors (Lipinski definition) is 2. The molecule has 0 radical (unpaired) electrons. The van der Waals surface area contributed by atoms with Gasteiger partial charge in [0.15, 0.2) is 0 Å². The van der Waals surface area contributed by atoms with Gasteiger partial charge < -0.3 is 0 Å². The number of terminal acetylenes is 1. The fourth-order valence-corrected chi connectivity index (χ4v) is 0.484. The van der Waals surface area contributed by atoms with Crippen LogP contribution in [0.3, 0.4) is 0 Å². The summed E-state index contributed by atoms with van der Waals surface area (Å²) < 4.78 is 0. The molecular formula is C6H3ClN2. The molecule has 0 aliphatic carbocycles. The highest BCUT2D eigenvalue weighted by atomic mass is 35.5. The van der Waals surface area contributed by atoms with E-state index in [-0.39, 0.29) is 5.28 Å². The van der Waals surface area contributed by atoms with Crippen LogP contribution >= 0.6 is 11.6 Å². The van der Waals surface area contributed by atoms with Gasteiger partial charge in [0.05, 0.1) is 5.56 Å². The van der Waals surface area contributed by atoms with E-state index in [9.17, 15) is 0 Å². The molecule has 3 heteroatoms. The van der Waals surface area contributed by atoms with Crippen molar-refractivity contribution in [3.05, 3.63) is 23.2 Å². The number of nitrogens with zero attached hydrogens (tertiary/aromatic N) is 2. The Labute approximate surface area is 57.9 Å². The van der Waals surface area contributed by atoms with Crippen molar-refractivity contribution < 1.29 is 0 Å². The molecule has 9 heavy (non-hydrogen) atoms. The molecule has 0 amide bonds. The Hall–Kier alpha value is -1.07. The molecule has 0 aliphatic rings. The van der Waals surface area contributed by atoms with Crippen molar-refractivity contribution >= 4 is 11.6 Å². The van der Waals surface area contributed by atoms with Crippen molar-refractivity contribution in [2.24, 2.45) is 0 Å². The number of halogens is 1. The normalized spacial score (nSPS) is 8.44. The monoisotopic (exact) mass is 138 g/mol. The summed E-state index contributed by atoms with van der Waals surface area (Å²) in [6, 6.07) is 0. The molecule has 0 aromatic carbocycles. The topological polar surface area (TPSA) is 25.8 Å². The van der Waals surface area contributed by atoms with Crippen molar-refractivity contribution in [1.29, 1.82) is 0 Å². The van der Waals surface area contributed by atoms with Gasteiger partial charge in [-0.15, -0.1) is 6.42 Å². The molecule has 1 rings (SSSR count). The molecule has 0 saturated carbocycles. The molecule has 0 atom stereocenters. The molecular weight excluding hydrogens is 136 g/mol. The lowest BCUT2D eigenvalue weighted by molar-refractivity contribution is 1.16. The van der Waals surface area contributed by atoms with Gasteiger partial charge in [0.25, 0.3) is 0 Å². The second-order valence-electron chi connectivity index (χ2n) is 1.39. The van der Waals surface area contributed by atoms with E-state index in [0.29, 0.717) is 5.56 Å². The first-order valence-electron chi connectivity index (χ1n) is 2.27. The minimum atomic E-state index is 0.217. The zero-order valence-electron chi connectivity index (χ0n) is 4.50. The highest BCUT2D eigenvalue weighted by Crippen LogP contribution is 1.97. The van der Waals surface area contributed by atoms with Gasteiger partial charge in [-0.1, -0.05) is 5.92 Å². The lowest BCUT2D eigenvalue weighted by Crippen LogP contribution is -1.81. The first-order valence-corrected chi connectivity index (χ1v) is 2.65. The smallest absolute Gasteiger partial charge is 0.222 e. The zero-order valence-corrected chi connectivity index (χ0v) is 5.26. The van der Waals surface area contributed by atoms with Crippen LogP contribution in [0, 0.1) is 12.3 Å². The van der Waals surface area contributed by atoms with Gasteiger partial charge in [-0.25, -0.2) is 9.97 Å². The number of rotatable bonds is 0. The molecule has 2 nitrogen and oxygen atoms in total. The van der Waals surface area contributed by atoms with Gasteiger partial charge in [0.2, 0.25) is 5.28 Å². The number of hydrogen-bond donors (Lipinski definition) is 0. The second-order valence-corrected chi connectivity index (χ2v) is 1.72. The highest BCUT2D eigenvalue weighted by molar-refractivity contribution is 6.28. The van der Waals surface area contributed by atoms with Crippen molar-refractivity contribution in [3.63, 3.8) is 0 Å². The molecule has 0 fully saturated rings. The Balaban J connectivity index is 3.06. The SMILES string of the molecule is C#Cc1cnc(Cl)nc1. The third-order valence-corrected chi connectivity index (χ3v) is 0.982. The third kappa shape index (κ3) is 1.41. The first kappa shape index (κ1) is 6.06. The fraction of sp³-hybridized carbons (Fsp3) is 0. The summed E-state index contributed by atoms with van der Waals surface area (Å²) in [7, 11) is 0. The van der Waals surface area contributed by atoms with E-state index in [4.69, 9.17) is 18.0 Å². The van der Waals surface area contributed by atoms with Crippen LogP contribution in [0.25, 0.3) is 0 Å². The average Bonchev–Trinajstić information content (AvgIpc) is 1.90. The molecule has 0 unspecified atom stereocenters. The third-order valence-electron chi connectivity index (χ3n) is 0.787. The molecule has 0 spiro atoms. The van der Waals surface area contributed by atoms with Crippen LogP contribution in [0.1, 0.15) is 5.56 Å². The van der Waals surface area contributed by atoms with Crippen LogP contribution < -0.4 is 0 Å². The predicted octanol–water partition coefficient (Wildman–Crippen LogP) is 1.11. The summed E-state index contributed by atoms with van der Waals surface area (Å²) in [5.41, 5.74) is 0.638. The van der Waals surface area contributed by atoms with Gasteiger partial charge in [-0.2, -0.15) is 0 Å². The quantitative estimate of drug-likeness (QED) is 0.397. The van der Waals surface area contributed by atoms with E-state index in [1.165, 1.54) is 12.4 Å². The Morgan fingerprint density at radius 2 is 2.00 bits per heavy atom. The van der Waals surface area contributed by atoms with Crippen molar-refractivity contribution in [2.75, 3.05) is 0 Å². The van der Waals surface area contributed by atoms with Crippen molar-refractivity contribution in [2.45, 2.75) is 0 Å². The summed E-state index contributed by atoms with van der Waals surface area (Å²) in [5.74, 6) is 2.37. The fourth-order valence-electron chi connectivity index (χ4n) is 0.387. The van der Waals surface area contributed by atoms with Crippen molar-refractivity contribution in [3.8, 4) is 12.3 Å². The lowest BCUT2D eigenvalue weighted by Gasteiger charge is -1.86. The molecule has 1 aromatic rings. The zero-order chi connectivity index (χ0) is 6.69. The van der Waals surface area contributed by atoms with Crippen LogP contribution in [0.2, 0.25) is 5.28 Å². The first-order chi connectivity index (χ1) is 4.33. The Kier molecular flexibility index (Phi) is 1.66. The Morgan fingerprint density at radius 3 is 2.44 bits per heavy atom. The summed E-state index contributed by atoms with van der Waals surface area (Å²) in [6.45, 7) is 0. The van der Waals surface area contributed by atoms with Crippen LogP contribution in [-0.2, 0) is 0 Å². The van der Waals surface area contributed by atoms with Crippen LogP contribution in [0.4, 0.5) is 0 Å². The molecule has 0 bridgehead atoms. The van der Waals surface area contributed by atoms with Crippen LogP contribution in [0.5, 0.6) is 0 Å². The minimum Gasteiger partial charge on any atom is -0.225 e. The molecule has 44 valence electrons. The largest absolute Gasteiger partial charge is 0.225 e. The maximum Gasteiger partial charge on any atom is 0.222 e. The maximum absolute atomic E-state index is 5.38. The molecule has 0 N–H and O–H groups in total. The summed E-state index contributed by atoms with van der Waals surface area (Å²) in [6.07, 6.45) is 8.02. The average molecular weight is 139 g/mol. The number of aromatic nitrogens is 2. The summed E-state index contributed by atoms with van der Waals surface area (Å²) >= 11 is 5.38. The minimum absolute atomic E-state index is 0.217. The van der Waals surface area contributed by atoms with Gasteiger partial charge in [-0.3, -0.25) is 0 Å². The molecule has 0 aliphatic heterocycles. The van der Waals surface area contributed by atoms with E-state index in [1.807, 2.05) is 0 Å². The summed E-state index contributed by atoms with van der Waals surface area (Å²) in [4.78, 5) is 7.32. The van der Waals surface area contributed by atoms with E-state index in [0.717, 1.165) is 0 Å². The van der Waals surface area contributed by atoms with Gasteiger partial charge in [0, 0.05) is 12.4 Å². The van der Waals surface area contributed by atoms with Crippen molar-refractivity contribution in [1.82, 2.24) is 9.97 Å². The van der Waals surface area contributed by atoms with E-state index >= 15 is 0 Å². The lowest BCUT2D eigenvalue weighted by atomic mass is 10.4. The molecule has 0 saturated heterocycles. The second kappa shape index (κ2) is 2.47. The van der Waals surface area contributed by atoms with E-state index < -0.39 is 0 Å². The maximum atomic E-state index is 5.38. The van der Waals surface area contributed by atoms with Gasteiger partial charge in [0.1, 0.15) is 0 Å². The standard InChI is InChI=1S/C6H3ClN2/c1-2-5-3-8-6(7)9-4-5/h1,3-4H. The molecule has 1 aromatic heterocycles. The van der Waals surface area contributed by atoms with Crippen LogP contribution in [0.15, 0.2) is 12.4 Å². The van der Waals surface area contributed by atoms with E-state index in [1.54, 1.807) is 0 Å². The van der Waals surface area contributed by atoms with E-state index in [2.05, 4.69) is 15.9 Å². The predicted molar refractivity (Wildman–Crippen MR) is 35.0 cm³/mol. The molecule has 1 heterocycles. The van der Waals surface area contributed by atoms with Gasteiger partial charge in [-0.05, 0) is 11.6 Å². The Morgan fingerprint density at radius 1 is 1.44 bits per heavy atom. The van der Waals surface area contributed by atoms with Gasteiger partial charge >= 0.3 is 0 Å². The Bertz CT molecular complexity index is 234. The van der Waals surface area contributed by atoms with Crippen LogP contribution in [-0.4, -0.2) is 9.97 Å².